The first-order valence-electron chi connectivity index (χ1n) is 6.55. The van der Waals surface area contributed by atoms with Gasteiger partial charge in [-0.15, -0.1) is 0 Å². The van der Waals surface area contributed by atoms with Crippen molar-refractivity contribution in [3.8, 4) is 0 Å². The highest BCUT2D eigenvalue weighted by Crippen LogP contribution is 2.36. The normalized spacial score (nSPS) is 19.3. The Morgan fingerprint density at radius 3 is 2.76 bits per heavy atom. The number of hydrogen-bond donors (Lipinski definition) is 2. The maximum Gasteiger partial charge on any atom is 0.0540 e. The molecule has 1 saturated carbocycles. The van der Waals surface area contributed by atoms with Gasteiger partial charge < -0.3 is 11.1 Å². The van der Waals surface area contributed by atoms with Gasteiger partial charge in [0.05, 0.1) is 6.20 Å². The van der Waals surface area contributed by atoms with Crippen LogP contribution in [0.5, 0.6) is 0 Å². The number of nitrogens with one attached hydrogen (secondary N) is 1. The van der Waals surface area contributed by atoms with E-state index in [4.69, 9.17) is 5.73 Å². The smallest absolute Gasteiger partial charge is 0.0540 e. The van der Waals surface area contributed by atoms with E-state index in [1.165, 1.54) is 24.1 Å². The quantitative estimate of drug-likeness (QED) is 0.784. The summed E-state index contributed by atoms with van der Waals surface area (Å²) in [4.78, 5) is 0. The van der Waals surface area contributed by atoms with Gasteiger partial charge in [0.2, 0.25) is 0 Å². The van der Waals surface area contributed by atoms with Gasteiger partial charge >= 0.3 is 0 Å². The fourth-order valence-electron chi connectivity index (χ4n) is 2.34. The van der Waals surface area contributed by atoms with Gasteiger partial charge in [-0.1, -0.05) is 6.92 Å². The molecule has 2 unspecified atom stereocenters. The van der Waals surface area contributed by atoms with Gasteiger partial charge in [0.1, 0.15) is 0 Å². The fraction of sp³-hybridized carbons (Fsp3) is 0.769. The lowest BCUT2D eigenvalue weighted by Gasteiger charge is -2.19. The average Bonchev–Trinajstić information content (AvgIpc) is 3.11. The summed E-state index contributed by atoms with van der Waals surface area (Å²) in [5.41, 5.74) is 8.30. The summed E-state index contributed by atoms with van der Waals surface area (Å²) in [6, 6.07) is 0.241. The van der Waals surface area contributed by atoms with Gasteiger partial charge in [-0.3, -0.25) is 4.68 Å². The minimum atomic E-state index is 0.241. The highest BCUT2D eigenvalue weighted by Gasteiger charge is 2.28. The Hall–Kier alpha value is -0.870. The van der Waals surface area contributed by atoms with Gasteiger partial charge in [-0.05, 0) is 38.1 Å². The van der Waals surface area contributed by atoms with Gasteiger partial charge in [0.15, 0.2) is 0 Å². The van der Waals surface area contributed by atoms with E-state index >= 15 is 0 Å². The van der Waals surface area contributed by atoms with Crippen molar-refractivity contribution in [3.63, 3.8) is 0 Å². The first-order valence-corrected chi connectivity index (χ1v) is 6.55. The van der Waals surface area contributed by atoms with Crippen LogP contribution >= 0.6 is 0 Å². The number of aryl methyl sites for hydroxylation is 1. The molecule has 4 heteroatoms. The molecule has 17 heavy (non-hydrogen) atoms. The Bertz CT molecular complexity index is 367. The van der Waals surface area contributed by atoms with Gasteiger partial charge in [-0.2, -0.15) is 5.10 Å². The van der Waals surface area contributed by atoms with Crippen LogP contribution in [0.1, 0.15) is 37.1 Å². The molecule has 96 valence electrons. The van der Waals surface area contributed by atoms with Crippen molar-refractivity contribution in [2.45, 2.75) is 32.7 Å². The molecule has 1 aromatic rings. The van der Waals surface area contributed by atoms with E-state index in [9.17, 15) is 0 Å². The maximum atomic E-state index is 5.86. The van der Waals surface area contributed by atoms with E-state index in [1.54, 1.807) is 0 Å². The Kier molecular flexibility index (Phi) is 3.84. The molecule has 4 nitrogen and oxygen atoms in total. The van der Waals surface area contributed by atoms with Gasteiger partial charge in [0, 0.05) is 30.9 Å². The predicted molar refractivity (Wildman–Crippen MR) is 69.6 cm³/mol. The molecule has 0 aromatic carbocycles. The third-order valence-electron chi connectivity index (χ3n) is 4.00. The molecular formula is C13H24N4. The molecule has 3 N–H and O–H groups in total. The van der Waals surface area contributed by atoms with Crippen molar-refractivity contribution >= 4 is 0 Å². The van der Waals surface area contributed by atoms with E-state index in [2.05, 4.69) is 24.3 Å². The van der Waals surface area contributed by atoms with Crippen molar-refractivity contribution in [2.75, 3.05) is 13.1 Å². The number of rotatable bonds is 6. The molecule has 0 spiro atoms. The molecule has 0 bridgehead atoms. The van der Waals surface area contributed by atoms with E-state index in [0.29, 0.717) is 6.54 Å². The predicted octanol–water partition coefficient (Wildman–Crippen LogP) is 1.36. The molecule has 1 aliphatic carbocycles. The van der Waals surface area contributed by atoms with Crippen LogP contribution in [0.2, 0.25) is 0 Å². The second kappa shape index (κ2) is 5.19. The summed E-state index contributed by atoms with van der Waals surface area (Å²) >= 11 is 0. The average molecular weight is 236 g/mol. The van der Waals surface area contributed by atoms with Crippen molar-refractivity contribution in [2.24, 2.45) is 24.6 Å². The molecule has 0 saturated heterocycles. The molecule has 1 heterocycles. The summed E-state index contributed by atoms with van der Waals surface area (Å²) in [6.07, 6.45) is 4.74. The highest BCUT2D eigenvalue weighted by molar-refractivity contribution is 5.20. The van der Waals surface area contributed by atoms with E-state index in [1.807, 2.05) is 17.9 Å². The number of aromatic nitrogens is 2. The standard InChI is InChI=1S/C13H24N4/c1-9(11-4-5-11)7-15-13(6-14)12-8-16-17(3)10(12)2/h8-9,11,13,15H,4-7,14H2,1-3H3. The van der Waals surface area contributed by atoms with Crippen molar-refractivity contribution in [1.82, 2.24) is 15.1 Å². The lowest BCUT2D eigenvalue weighted by Crippen LogP contribution is -2.32. The van der Waals surface area contributed by atoms with E-state index in [0.717, 1.165) is 18.4 Å². The molecular weight excluding hydrogens is 212 g/mol. The van der Waals surface area contributed by atoms with E-state index < -0.39 is 0 Å². The van der Waals surface area contributed by atoms with Crippen LogP contribution in [-0.2, 0) is 7.05 Å². The zero-order valence-corrected chi connectivity index (χ0v) is 11.1. The largest absolute Gasteiger partial charge is 0.329 e. The lowest BCUT2D eigenvalue weighted by molar-refractivity contribution is 0.422. The Balaban J connectivity index is 1.93. The Labute approximate surface area is 104 Å². The number of hydrogen-bond acceptors (Lipinski definition) is 3. The second-order valence-corrected chi connectivity index (χ2v) is 5.32. The minimum absolute atomic E-state index is 0.241. The zero-order valence-electron chi connectivity index (χ0n) is 11.1. The molecule has 1 aromatic heterocycles. The fourth-order valence-corrected chi connectivity index (χ4v) is 2.34. The molecule has 0 aliphatic heterocycles. The van der Waals surface area contributed by atoms with Crippen LogP contribution in [0.3, 0.4) is 0 Å². The van der Waals surface area contributed by atoms with Crippen LogP contribution in [0.15, 0.2) is 6.20 Å². The molecule has 1 fully saturated rings. The summed E-state index contributed by atoms with van der Waals surface area (Å²) in [7, 11) is 1.97. The van der Waals surface area contributed by atoms with Crippen LogP contribution in [0, 0.1) is 18.8 Å². The van der Waals surface area contributed by atoms with Crippen LogP contribution < -0.4 is 11.1 Å². The second-order valence-electron chi connectivity index (χ2n) is 5.32. The third kappa shape index (κ3) is 2.87. The lowest BCUT2D eigenvalue weighted by atomic mass is 10.0. The molecule has 2 atom stereocenters. The van der Waals surface area contributed by atoms with Crippen LogP contribution in [0.4, 0.5) is 0 Å². The zero-order chi connectivity index (χ0) is 12.4. The molecule has 1 aliphatic rings. The summed E-state index contributed by atoms with van der Waals surface area (Å²) < 4.78 is 1.91. The summed E-state index contributed by atoms with van der Waals surface area (Å²) in [5, 5.41) is 7.86. The first kappa shape index (κ1) is 12.6. The topological polar surface area (TPSA) is 55.9 Å². The molecule has 0 radical (unpaired) electrons. The van der Waals surface area contributed by atoms with Gasteiger partial charge in [0.25, 0.3) is 0 Å². The van der Waals surface area contributed by atoms with Gasteiger partial charge in [-0.25, -0.2) is 0 Å². The third-order valence-corrected chi connectivity index (χ3v) is 4.00. The summed E-state index contributed by atoms with van der Waals surface area (Å²) in [5.74, 6) is 1.71. The number of nitrogens with zero attached hydrogens (tertiary/aromatic N) is 2. The monoisotopic (exact) mass is 236 g/mol. The van der Waals surface area contributed by atoms with Crippen molar-refractivity contribution < 1.29 is 0 Å². The van der Waals surface area contributed by atoms with E-state index in [-0.39, 0.29) is 6.04 Å². The minimum Gasteiger partial charge on any atom is -0.329 e. The SMILES string of the molecule is Cc1c(C(CN)NCC(C)C2CC2)cnn1C. The van der Waals surface area contributed by atoms with Crippen molar-refractivity contribution in [1.29, 1.82) is 0 Å². The first-order chi connectivity index (χ1) is 8.13. The molecule has 0 amide bonds. The number of nitrogens with two attached hydrogens (primary N) is 1. The summed E-state index contributed by atoms with van der Waals surface area (Å²) in [6.45, 7) is 6.11. The van der Waals surface area contributed by atoms with Crippen molar-refractivity contribution in [3.05, 3.63) is 17.5 Å². The Morgan fingerprint density at radius 2 is 2.29 bits per heavy atom. The van der Waals surface area contributed by atoms with Crippen LogP contribution in [-0.4, -0.2) is 22.9 Å². The van der Waals surface area contributed by atoms with Crippen LogP contribution in [0.25, 0.3) is 0 Å². The highest BCUT2D eigenvalue weighted by atomic mass is 15.3. The molecule has 2 rings (SSSR count). The maximum absolute atomic E-state index is 5.86. The Morgan fingerprint density at radius 1 is 1.59 bits per heavy atom.